The summed E-state index contributed by atoms with van der Waals surface area (Å²) in [6.07, 6.45) is 2.17. The van der Waals surface area contributed by atoms with Crippen LogP contribution in [0.4, 0.5) is 0 Å². The molecule has 0 spiro atoms. The smallest absolute Gasteiger partial charge is 0.195 e. The van der Waals surface area contributed by atoms with Crippen molar-refractivity contribution in [3.63, 3.8) is 0 Å². The summed E-state index contributed by atoms with van der Waals surface area (Å²) in [4.78, 5) is 6.93. The number of hydrogen-bond acceptors (Lipinski definition) is 2. The molecule has 100 valence electrons. The summed E-state index contributed by atoms with van der Waals surface area (Å²) in [6.45, 7) is 0. The molecule has 0 saturated carbocycles. The van der Waals surface area contributed by atoms with Crippen LogP contribution in [0.3, 0.4) is 0 Å². The largest absolute Gasteiger partial charge is 1.00 e. The lowest BCUT2D eigenvalue weighted by atomic mass is 10.2. The van der Waals surface area contributed by atoms with E-state index in [0.29, 0.717) is 0 Å². The summed E-state index contributed by atoms with van der Waals surface area (Å²) < 4.78 is 3.26. The highest BCUT2D eigenvalue weighted by Crippen LogP contribution is 2.31. The molecule has 0 fully saturated rings. The predicted molar refractivity (Wildman–Crippen MR) is 83.7 cm³/mol. The van der Waals surface area contributed by atoms with Gasteiger partial charge in [-0.2, -0.15) is 0 Å². The monoisotopic (exact) mass is 407 g/mol. The molecule has 4 rings (SSSR count). The van der Waals surface area contributed by atoms with Gasteiger partial charge in [0.1, 0.15) is 0 Å². The Morgan fingerprint density at radius 2 is 1.75 bits per heavy atom. The first kappa shape index (κ1) is 13.8. The van der Waals surface area contributed by atoms with Crippen molar-refractivity contribution in [3.8, 4) is 10.4 Å². The first-order valence-corrected chi connectivity index (χ1v) is 7.55. The molecule has 0 N–H and O–H groups in total. The molecule has 0 bridgehead atoms. The first-order valence-electron chi connectivity index (χ1n) is 5.94. The summed E-state index contributed by atoms with van der Waals surface area (Å²) in [5, 5.41) is 0. The van der Waals surface area contributed by atoms with Crippen molar-refractivity contribution >= 4 is 43.3 Å². The molecule has 2 aromatic carbocycles. The third-order valence-corrected chi connectivity index (χ3v) is 4.70. The molecular weight excluding hydrogens is 400 g/mol. The molecule has 2 heterocycles. The summed E-state index contributed by atoms with van der Waals surface area (Å²) >= 11 is 5.18. The van der Waals surface area contributed by atoms with Gasteiger partial charge in [-0.05, 0) is 29.8 Å². The average Bonchev–Trinajstić information content (AvgIpc) is 2.97. The van der Waals surface area contributed by atoms with Crippen molar-refractivity contribution in [2.45, 2.75) is 0 Å². The predicted octanol–water partition coefficient (Wildman–Crippen LogP) is 1.98. The summed E-state index contributed by atoms with van der Waals surface area (Å²) in [7, 11) is 0. The number of rotatable bonds is 1. The van der Waals surface area contributed by atoms with E-state index in [9.17, 15) is 0 Å². The molecule has 0 radical (unpaired) electrons. The van der Waals surface area contributed by atoms with Gasteiger partial charge in [0.25, 0.3) is 0 Å². The lowest BCUT2D eigenvalue weighted by Gasteiger charge is -1.96. The number of benzene rings is 2. The molecule has 2 aromatic heterocycles. The van der Waals surface area contributed by atoms with Crippen molar-refractivity contribution in [1.29, 1.82) is 0 Å². The summed E-state index contributed by atoms with van der Waals surface area (Å²) in [6, 6.07) is 16.6. The summed E-state index contributed by atoms with van der Waals surface area (Å²) in [5.74, 6) is 0. The second-order valence-corrected chi connectivity index (χ2v) is 6.28. The number of hydrogen-bond donors (Lipinski definition) is 0. The third kappa shape index (κ3) is 2.20. The van der Waals surface area contributed by atoms with E-state index in [0.717, 1.165) is 20.5 Å². The minimum Gasteiger partial charge on any atom is -1.00 e. The maximum absolute atomic E-state index is 4.65. The van der Waals surface area contributed by atoms with Crippen LogP contribution in [0.2, 0.25) is 0 Å². The second kappa shape index (κ2) is 5.31. The highest BCUT2D eigenvalue weighted by atomic mass is 79.9. The molecule has 2 nitrogen and oxygen atoms in total. The highest BCUT2D eigenvalue weighted by molar-refractivity contribution is 9.10. The zero-order valence-electron chi connectivity index (χ0n) is 10.3. The number of thiazole rings is 1. The van der Waals surface area contributed by atoms with E-state index in [2.05, 4.69) is 61.8 Å². The zero-order valence-corrected chi connectivity index (χ0v) is 14.2. The molecule has 0 aliphatic rings. The maximum atomic E-state index is 4.65. The molecule has 0 amide bonds. The van der Waals surface area contributed by atoms with E-state index in [4.69, 9.17) is 0 Å². The van der Waals surface area contributed by atoms with Crippen LogP contribution in [0.5, 0.6) is 0 Å². The fourth-order valence-electron chi connectivity index (χ4n) is 2.21. The van der Waals surface area contributed by atoms with Crippen molar-refractivity contribution in [2.75, 3.05) is 0 Å². The van der Waals surface area contributed by atoms with Gasteiger partial charge in [-0.1, -0.05) is 51.5 Å². The Morgan fingerprint density at radius 3 is 2.55 bits per heavy atom. The van der Waals surface area contributed by atoms with Gasteiger partial charge in [0.05, 0.1) is 15.9 Å². The van der Waals surface area contributed by atoms with Gasteiger partial charge >= 0.3 is 0 Å². The van der Waals surface area contributed by atoms with E-state index in [1.165, 1.54) is 10.4 Å². The third-order valence-electron chi connectivity index (χ3n) is 3.14. The number of nitrogens with zero attached hydrogens (tertiary/aromatic N) is 2. The van der Waals surface area contributed by atoms with Crippen LogP contribution in [-0.4, -0.2) is 9.38 Å². The fraction of sp³-hybridized carbons (Fsp3) is 0. The van der Waals surface area contributed by atoms with E-state index in [-0.39, 0.29) is 17.0 Å². The molecule has 20 heavy (non-hydrogen) atoms. The van der Waals surface area contributed by atoms with Gasteiger partial charge in [-0.15, -0.1) is 0 Å². The number of imidazole rings is 1. The van der Waals surface area contributed by atoms with Crippen LogP contribution < -0.4 is 17.0 Å². The van der Waals surface area contributed by atoms with Crippen LogP contribution in [0, 0.1) is 0 Å². The Kier molecular flexibility index (Phi) is 3.67. The van der Waals surface area contributed by atoms with Crippen molar-refractivity contribution in [2.24, 2.45) is 0 Å². The summed E-state index contributed by atoms with van der Waals surface area (Å²) in [5.41, 5.74) is 3.44. The maximum Gasteiger partial charge on any atom is 0.195 e. The normalized spacial score (nSPS) is 10.8. The van der Waals surface area contributed by atoms with E-state index < -0.39 is 0 Å². The fourth-order valence-corrected chi connectivity index (χ4v) is 3.48. The Balaban J connectivity index is 0.00000121. The standard InChI is InChI=1S/C15H9BrN2S.BrH/c16-11-7-5-10(6-8-11)14-9-18-13-4-2-1-3-12(13)17-15(18)19-14;/h1-9H;1H/p-1. The molecular formula is C15H9Br2N2S-. The van der Waals surface area contributed by atoms with Gasteiger partial charge < -0.3 is 17.0 Å². The zero-order chi connectivity index (χ0) is 12.8. The Bertz CT molecular complexity index is 878. The van der Waals surface area contributed by atoms with Crippen LogP contribution in [0.15, 0.2) is 59.2 Å². The molecule has 0 unspecified atom stereocenters. The minimum absolute atomic E-state index is 0. The second-order valence-electron chi connectivity index (χ2n) is 4.36. The highest BCUT2D eigenvalue weighted by Gasteiger charge is 2.09. The molecule has 0 aliphatic carbocycles. The van der Waals surface area contributed by atoms with Gasteiger partial charge in [0, 0.05) is 10.7 Å². The Labute approximate surface area is 139 Å². The van der Waals surface area contributed by atoms with Crippen LogP contribution in [0.25, 0.3) is 26.4 Å². The number of aromatic nitrogens is 2. The van der Waals surface area contributed by atoms with Crippen molar-refractivity contribution in [3.05, 3.63) is 59.2 Å². The quantitative estimate of drug-likeness (QED) is 0.470. The van der Waals surface area contributed by atoms with E-state index in [1.54, 1.807) is 11.3 Å². The van der Waals surface area contributed by atoms with E-state index in [1.807, 2.05) is 18.2 Å². The Morgan fingerprint density at radius 1 is 1.00 bits per heavy atom. The van der Waals surface area contributed by atoms with Crippen LogP contribution in [0.1, 0.15) is 0 Å². The molecule has 0 aliphatic heterocycles. The molecule has 0 saturated heterocycles. The van der Waals surface area contributed by atoms with E-state index >= 15 is 0 Å². The Hall–Kier alpha value is -1.17. The van der Waals surface area contributed by atoms with Crippen LogP contribution >= 0.6 is 27.3 Å². The average molecular weight is 409 g/mol. The lowest BCUT2D eigenvalue weighted by molar-refractivity contribution is -0.00000352. The first-order chi connectivity index (χ1) is 9.31. The minimum atomic E-state index is 0. The topological polar surface area (TPSA) is 17.3 Å². The number of fused-ring (bicyclic) bond motifs is 3. The number of halogens is 2. The molecule has 5 heteroatoms. The van der Waals surface area contributed by atoms with Crippen molar-refractivity contribution < 1.29 is 17.0 Å². The van der Waals surface area contributed by atoms with Gasteiger partial charge in [0.15, 0.2) is 4.96 Å². The number of para-hydroxylation sites is 2. The van der Waals surface area contributed by atoms with Gasteiger partial charge in [0.2, 0.25) is 0 Å². The van der Waals surface area contributed by atoms with Gasteiger partial charge in [-0.25, -0.2) is 4.98 Å². The molecule has 0 atom stereocenters. The SMILES string of the molecule is Brc1ccc(-c2cn3c(nc4ccccc43)s2)cc1.[Br-]. The molecule has 4 aromatic rings. The van der Waals surface area contributed by atoms with Crippen molar-refractivity contribution in [1.82, 2.24) is 9.38 Å². The lowest BCUT2D eigenvalue weighted by Crippen LogP contribution is -3.00. The van der Waals surface area contributed by atoms with Crippen LogP contribution in [-0.2, 0) is 0 Å². The van der Waals surface area contributed by atoms with Gasteiger partial charge in [-0.3, -0.25) is 4.40 Å².